The van der Waals surface area contributed by atoms with Gasteiger partial charge in [-0.05, 0) is 32.1 Å². The summed E-state index contributed by atoms with van der Waals surface area (Å²) in [6.07, 6.45) is 2.61. The molecule has 0 aromatic heterocycles. The minimum atomic E-state index is -1.65. The Bertz CT molecular complexity index is 422. The summed E-state index contributed by atoms with van der Waals surface area (Å²) < 4.78 is 16.7. The van der Waals surface area contributed by atoms with E-state index in [2.05, 4.69) is 26.2 Å². The lowest BCUT2D eigenvalue weighted by atomic mass is 10.1. The van der Waals surface area contributed by atoms with E-state index in [1.807, 2.05) is 18.2 Å². The van der Waals surface area contributed by atoms with Crippen LogP contribution in [0.15, 0.2) is 24.8 Å². The van der Waals surface area contributed by atoms with Crippen molar-refractivity contribution in [3.05, 3.63) is 30.4 Å². The number of hydrogen-bond acceptors (Lipinski definition) is 3. The zero-order chi connectivity index (χ0) is 13.8. The molecule has 0 heterocycles. The van der Waals surface area contributed by atoms with E-state index in [1.165, 1.54) is 0 Å². The monoisotopic (exact) mass is 266 g/mol. The van der Waals surface area contributed by atoms with Crippen LogP contribution in [0.3, 0.4) is 0 Å². The molecule has 1 aromatic rings. The molecule has 0 amide bonds. The first-order chi connectivity index (χ1) is 8.41. The molecular weight excluding hydrogens is 244 g/mol. The van der Waals surface area contributed by atoms with Crippen LogP contribution in [0, 0.1) is 0 Å². The van der Waals surface area contributed by atoms with Crippen molar-refractivity contribution in [1.29, 1.82) is 0 Å². The van der Waals surface area contributed by atoms with Crippen LogP contribution in [0.4, 0.5) is 0 Å². The molecule has 0 N–H and O–H groups in total. The van der Waals surface area contributed by atoms with E-state index >= 15 is 0 Å². The molecule has 0 fully saturated rings. The third kappa shape index (κ3) is 3.80. The highest BCUT2D eigenvalue weighted by molar-refractivity contribution is 6.70. The first-order valence-corrected chi connectivity index (χ1v) is 9.37. The van der Waals surface area contributed by atoms with Crippen LogP contribution in [-0.4, -0.2) is 22.5 Å². The fourth-order valence-electron chi connectivity index (χ4n) is 1.64. The zero-order valence-corrected chi connectivity index (χ0v) is 12.9. The Kier molecular flexibility index (Phi) is 4.84. The van der Waals surface area contributed by atoms with E-state index in [1.54, 1.807) is 14.2 Å². The normalized spacial score (nSPS) is 10.9. The highest BCUT2D eigenvalue weighted by Crippen LogP contribution is 2.36. The molecule has 0 unspecified atom stereocenters. The molecule has 100 valence electrons. The van der Waals surface area contributed by atoms with Crippen LogP contribution in [0.2, 0.25) is 19.6 Å². The summed E-state index contributed by atoms with van der Waals surface area (Å²) in [6, 6.07) is 3.85. The van der Waals surface area contributed by atoms with Gasteiger partial charge in [0.05, 0.1) is 14.2 Å². The van der Waals surface area contributed by atoms with Gasteiger partial charge < -0.3 is 13.9 Å². The Balaban J connectivity index is 3.23. The Morgan fingerprint density at radius 1 is 1.06 bits per heavy atom. The van der Waals surface area contributed by atoms with E-state index < -0.39 is 8.32 Å². The zero-order valence-electron chi connectivity index (χ0n) is 11.9. The van der Waals surface area contributed by atoms with Crippen molar-refractivity contribution < 1.29 is 13.9 Å². The van der Waals surface area contributed by atoms with Crippen LogP contribution < -0.4 is 13.9 Å². The van der Waals surface area contributed by atoms with Crippen molar-refractivity contribution >= 4 is 8.32 Å². The van der Waals surface area contributed by atoms with E-state index in [4.69, 9.17) is 13.9 Å². The molecule has 18 heavy (non-hydrogen) atoms. The second-order valence-electron chi connectivity index (χ2n) is 5.02. The number of allylic oxidation sites excluding steroid dienone is 1. The number of methoxy groups -OCH3 is 2. The Labute approximate surface area is 111 Å². The minimum Gasteiger partial charge on any atom is -0.544 e. The van der Waals surface area contributed by atoms with E-state index in [9.17, 15) is 0 Å². The maximum absolute atomic E-state index is 6.08. The Morgan fingerprint density at radius 3 is 2.06 bits per heavy atom. The second-order valence-corrected chi connectivity index (χ2v) is 9.45. The molecule has 0 bridgehead atoms. The maximum atomic E-state index is 6.08. The lowest BCUT2D eigenvalue weighted by Gasteiger charge is -2.22. The standard InChI is InChI=1S/C14H22O3Si/c1-7-8-11-9-13(15-2)14(16-3)10-12(11)17-18(4,5)6/h7,9-10H,1,8H2,2-6H3. The summed E-state index contributed by atoms with van der Waals surface area (Å²) in [5.41, 5.74) is 1.07. The third-order valence-electron chi connectivity index (χ3n) is 2.35. The molecule has 0 spiro atoms. The summed E-state index contributed by atoms with van der Waals surface area (Å²) in [5.74, 6) is 2.28. The molecule has 3 nitrogen and oxygen atoms in total. The van der Waals surface area contributed by atoms with Gasteiger partial charge in [0.2, 0.25) is 8.32 Å². The molecule has 0 radical (unpaired) electrons. The second kappa shape index (κ2) is 5.95. The van der Waals surface area contributed by atoms with Crippen molar-refractivity contribution in [1.82, 2.24) is 0 Å². The molecule has 0 aliphatic carbocycles. The highest BCUT2D eigenvalue weighted by atomic mass is 28.4. The van der Waals surface area contributed by atoms with Crippen LogP contribution in [0.5, 0.6) is 17.2 Å². The smallest absolute Gasteiger partial charge is 0.242 e. The van der Waals surface area contributed by atoms with Crippen LogP contribution >= 0.6 is 0 Å². The van der Waals surface area contributed by atoms with E-state index in [-0.39, 0.29) is 0 Å². The van der Waals surface area contributed by atoms with Gasteiger partial charge in [0, 0.05) is 11.6 Å². The molecule has 0 aliphatic rings. The van der Waals surface area contributed by atoms with Crippen molar-refractivity contribution in [3.8, 4) is 17.2 Å². The molecule has 0 aliphatic heterocycles. The predicted octanol–water partition coefficient (Wildman–Crippen LogP) is 3.65. The summed E-state index contributed by atoms with van der Waals surface area (Å²) in [4.78, 5) is 0. The van der Waals surface area contributed by atoms with Crippen LogP contribution in [0.25, 0.3) is 0 Å². The van der Waals surface area contributed by atoms with Gasteiger partial charge in [-0.3, -0.25) is 0 Å². The first-order valence-electron chi connectivity index (χ1n) is 5.96. The molecule has 1 aromatic carbocycles. The average molecular weight is 266 g/mol. The number of rotatable bonds is 6. The van der Waals surface area contributed by atoms with E-state index in [0.717, 1.165) is 23.5 Å². The predicted molar refractivity (Wildman–Crippen MR) is 77.4 cm³/mol. The molecular formula is C14H22O3Si. The number of benzene rings is 1. The lowest BCUT2D eigenvalue weighted by molar-refractivity contribution is 0.352. The third-order valence-corrected chi connectivity index (χ3v) is 3.18. The van der Waals surface area contributed by atoms with Crippen molar-refractivity contribution in [2.75, 3.05) is 14.2 Å². The summed E-state index contributed by atoms with van der Waals surface area (Å²) in [5, 5.41) is 0. The largest absolute Gasteiger partial charge is 0.544 e. The lowest BCUT2D eigenvalue weighted by Crippen LogP contribution is -2.29. The van der Waals surface area contributed by atoms with Crippen LogP contribution in [0.1, 0.15) is 5.56 Å². The quantitative estimate of drug-likeness (QED) is 0.581. The fourth-order valence-corrected chi connectivity index (χ4v) is 2.49. The Morgan fingerprint density at radius 2 is 1.61 bits per heavy atom. The SMILES string of the molecule is C=CCc1cc(OC)c(OC)cc1O[Si](C)(C)C. The van der Waals surface area contributed by atoms with Crippen molar-refractivity contribution in [2.45, 2.75) is 26.1 Å². The highest BCUT2D eigenvalue weighted by Gasteiger charge is 2.20. The topological polar surface area (TPSA) is 27.7 Å². The molecule has 0 atom stereocenters. The summed E-state index contributed by atoms with van der Waals surface area (Å²) in [7, 11) is 1.61. The van der Waals surface area contributed by atoms with Crippen molar-refractivity contribution in [3.63, 3.8) is 0 Å². The van der Waals surface area contributed by atoms with Gasteiger partial charge >= 0.3 is 0 Å². The minimum absolute atomic E-state index is 0.693. The van der Waals surface area contributed by atoms with Gasteiger partial charge in [-0.15, -0.1) is 6.58 Å². The van der Waals surface area contributed by atoms with Crippen molar-refractivity contribution in [2.24, 2.45) is 0 Å². The van der Waals surface area contributed by atoms with Gasteiger partial charge in [-0.1, -0.05) is 6.08 Å². The van der Waals surface area contributed by atoms with Crippen LogP contribution in [-0.2, 0) is 6.42 Å². The van der Waals surface area contributed by atoms with Gasteiger partial charge in [-0.25, -0.2) is 0 Å². The fraction of sp³-hybridized carbons (Fsp3) is 0.429. The van der Waals surface area contributed by atoms with Gasteiger partial charge in [0.1, 0.15) is 5.75 Å². The first kappa shape index (κ1) is 14.6. The van der Waals surface area contributed by atoms with Gasteiger partial charge in [0.25, 0.3) is 0 Å². The maximum Gasteiger partial charge on any atom is 0.242 e. The number of ether oxygens (including phenoxy) is 2. The van der Waals surface area contributed by atoms with Gasteiger partial charge in [0.15, 0.2) is 11.5 Å². The van der Waals surface area contributed by atoms with Gasteiger partial charge in [-0.2, -0.15) is 0 Å². The summed E-state index contributed by atoms with van der Waals surface area (Å²) in [6.45, 7) is 10.2. The van der Waals surface area contributed by atoms with E-state index in [0.29, 0.717) is 5.75 Å². The molecule has 0 saturated heterocycles. The molecule has 0 saturated carbocycles. The average Bonchev–Trinajstić information content (AvgIpc) is 2.29. The molecule has 4 heteroatoms. The summed E-state index contributed by atoms with van der Waals surface area (Å²) >= 11 is 0. The molecule has 1 rings (SSSR count). The Hall–Kier alpha value is -1.42. The number of hydrogen-bond donors (Lipinski definition) is 0.